The summed E-state index contributed by atoms with van der Waals surface area (Å²) in [6.45, 7) is 6.68. The van der Waals surface area contributed by atoms with Gasteiger partial charge in [-0.1, -0.05) is 6.92 Å². The molecule has 2 saturated heterocycles. The highest BCUT2D eigenvalue weighted by molar-refractivity contribution is 5.85. The molecule has 0 aromatic carbocycles. The van der Waals surface area contributed by atoms with Gasteiger partial charge in [-0.25, -0.2) is 0 Å². The first-order chi connectivity index (χ1) is 8.83. The second-order valence-corrected chi connectivity index (χ2v) is 5.40. The van der Waals surface area contributed by atoms with Crippen LogP contribution in [0.1, 0.15) is 39.0 Å². The molecule has 1 amide bonds. The van der Waals surface area contributed by atoms with Crippen molar-refractivity contribution < 1.29 is 9.53 Å². The van der Waals surface area contributed by atoms with E-state index < -0.39 is 0 Å². The van der Waals surface area contributed by atoms with Crippen LogP contribution in [0.25, 0.3) is 0 Å². The van der Waals surface area contributed by atoms with Crippen LogP contribution in [-0.4, -0.2) is 49.7 Å². The van der Waals surface area contributed by atoms with Gasteiger partial charge in [0.25, 0.3) is 0 Å². The summed E-state index contributed by atoms with van der Waals surface area (Å²) in [6, 6.07) is 0.460. The molecular formula is C14H27ClN2O2. The van der Waals surface area contributed by atoms with Gasteiger partial charge >= 0.3 is 0 Å². The average molecular weight is 291 g/mol. The Labute approximate surface area is 122 Å². The van der Waals surface area contributed by atoms with E-state index in [9.17, 15) is 4.79 Å². The van der Waals surface area contributed by atoms with E-state index in [1.807, 2.05) is 0 Å². The van der Waals surface area contributed by atoms with E-state index >= 15 is 0 Å². The van der Waals surface area contributed by atoms with Gasteiger partial charge in [0.2, 0.25) is 5.91 Å². The molecule has 2 aliphatic rings. The third-order valence-corrected chi connectivity index (χ3v) is 4.07. The summed E-state index contributed by atoms with van der Waals surface area (Å²) in [5, 5.41) is 3.37. The maximum absolute atomic E-state index is 12.6. The number of halogens is 1. The van der Waals surface area contributed by atoms with Crippen molar-refractivity contribution in [3.63, 3.8) is 0 Å². The van der Waals surface area contributed by atoms with Crippen LogP contribution in [0.5, 0.6) is 0 Å². The molecule has 0 aromatic rings. The van der Waals surface area contributed by atoms with Crippen molar-refractivity contribution in [3.05, 3.63) is 0 Å². The lowest BCUT2D eigenvalue weighted by Crippen LogP contribution is -2.49. The second-order valence-electron chi connectivity index (χ2n) is 5.40. The van der Waals surface area contributed by atoms with Crippen molar-refractivity contribution in [2.75, 3.05) is 32.8 Å². The molecule has 2 fully saturated rings. The Morgan fingerprint density at radius 3 is 2.42 bits per heavy atom. The summed E-state index contributed by atoms with van der Waals surface area (Å²) in [7, 11) is 0. The first-order valence-electron chi connectivity index (χ1n) is 7.42. The molecule has 1 N–H and O–H groups in total. The molecule has 2 aliphatic heterocycles. The monoisotopic (exact) mass is 290 g/mol. The van der Waals surface area contributed by atoms with Crippen LogP contribution in [0.2, 0.25) is 0 Å². The van der Waals surface area contributed by atoms with Crippen LogP contribution in [0.4, 0.5) is 0 Å². The summed E-state index contributed by atoms with van der Waals surface area (Å²) in [5.74, 6) is 0.590. The molecule has 0 aromatic heterocycles. The fourth-order valence-corrected chi connectivity index (χ4v) is 3.01. The highest BCUT2D eigenvalue weighted by atomic mass is 35.5. The normalized spacial score (nSPS) is 21.7. The summed E-state index contributed by atoms with van der Waals surface area (Å²) >= 11 is 0. The number of rotatable bonds is 4. The lowest BCUT2D eigenvalue weighted by atomic mass is 9.95. The molecule has 0 aliphatic carbocycles. The van der Waals surface area contributed by atoms with Crippen molar-refractivity contribution in [3.8, 4) is 0 Å². The standard InChI is InChI=1S/C14H26N2O2.ClH/c1-2-9-16(13-3-7-15-8-4-13)14(17)12-5-10-18-11-6-12;/h12-13,15H,2-11H2,1H3;1H. The number of carbonyl (C=O) groups excluding carboxylic acids is 1. The minimum absolute atomic E-state index is 0. The van der Waals surface area contributed by atoms with Crippen molar-refractivity contribution in [1.82, 2.24) is 10.2 Å². The Bertz CT molecular complexity index is 264. The zero-order valence-electron chi connectivity index (χ0n) is 11.9. The number of ether oxygens (including phenoxy) is 1. The fraction of sp³-hybridized carbons (Fsp3) is 0.929. The summed E-state index contributed by atoms with van der Waals surface area (Å²) in [6.07, 6.45) is 5.08. The molecule has 2 rings (SSSR count). The highest BCUT2D eigenvalue weighted by Gasteiger charge is 2.30. The van der Waals surface area contributed by atoms with Gasteiger partial charge in [-0.2, -0.15) is 0 Å². The predicted octanol–water partition coefficient (Wildman–Crippen LogP) is 1.83. The molecule has 112 valence electrons. The number of carbonyl (C=O) groups is 1. The molecule has 19 heavy (non-hydrogen) atoms. The van der Waals surface area contributed by atoms with Gasteiger partial charge in [0.05, 0.1) is 0 Å². The topological polar surface area (TPSA) is 41.6 Å². The lowest BCUT2D eigenvalue weighted by Gasteiger charge is -2.37. The van der Waals surface area contributed by atoms with Crippen molar-refractivity contribution in [1.29, 1.82) is 0 Å². The van der Waals surface area contributed by atoms with Gasteiger partial charge in [0, 0.05) is 31.7 Å². The molecule has 0 spiro atoms. The number of nitrogens with zero attached hydrogens (tertiary/aromatic N) is 1. The van der Waals surface area contributed by atoms with E-state index in [2.05, 4.69) is 17.1 Å². The molecule has 2 heterocycles. The SMILES string of the molecule is CCCN(C(=O)C1CCOCC1)C1CCNCC1.Cl. The van der Waals surface area contributed by atoms with E-state index in [0.29, 0.717) is 11.9 Å². The molecular weight excluding hydrogens is 264 g/mol. The Kier molecular flexibility index (Phi) is 7.73. The lowest BCUT2D eigenvalue weighted by molar-refractivity contribution is -0.141. The van der Waals surface area contributed by atoms with E-state index in [1.165, 1.54) is 0 Å². The predicted molar refractivity (Wildman–Crippen MR) is 78.7 cm³/mol. The quantitative estimate of drug-likeness (QED) is 0.859. The Morgan fingerprint density at radius 2 is 1.84 bits per heavy atom. The number of nitrogens with one attached hydrogen (secondary N) is 1. The molecule has 4 nitrogen and oxygen atoms in total. The van der Waals surface area contributed by atoms with Gasteiger partial charge in [0.1, 0.15) is 0 Å². The van der Waals surface area contributed by atoms with Crippen LogP contribution in [0.3, 0.4) is 0 Å². The van der Waals surface area contributed by atoms with Gasteiger partial charge < -0.3 is 15.0 Å². The number of hydrogen-bond donors (Lipinski definition) is 1. The van der Waals surface area contributed by atoms with Gasteiger partial charge in [-0.3, -0.25) is 4.79 Å². The minimum atomic E-state index is 0. The third kappa shape index (κ3) is 4.62. The first kappa shape index (κ1) is 16.7. The highest BCUT2D eigenvalue weighted by Crippen LogP contribution is 2.22. The maximum atomic E-state index is 12.6. The molecule has 0 saturated carbocycles. The van der Waals surface area contributed by atoms with Crippen LogP contribution < -0.4 is 5.32 Å². The number of amides is 1. The first-order valence-corrected chi connectivity index (χ1v) is 7.42. The number of piperidine rings is 1. The Balaban J connectivity index is 0.00000180. The fourth-order valence-electron chi connectivity index (χ4n) is 3.01. The molecule has 0 bridgehead atoms. The second kappa shape index (κ2) is 8.77. The summed E-state index contributed by atoms with van der Waals surface area (Å²) < 4.78 is 5.35. The molecule has 5 heteroatoms. The van der Waals surface area contributed by atoms with E-state index in [-0.39, 0.29) is 18.3 Å². The molecule has 0 atom stereocenters. The average Bonchev–Trinajstić information content (AvgIpc) is 2.46. The molecule has 0 radical (unpaired) electrons. The van der Waals surface area contributed by atoms with E-state index in [1.54, 1.807) is 0 Å². The van der Waals surface area contributed by atoms with Crippen LogP contribution in [-0.2, 0) is 9.53 Å². The summed E-state index contributed by atoms with van der Waals surface area (Å²) in [4.78, 5) is 14.8. The van der Waals surface area contributed by atoms with Crippen molar-refractivity contribution in [2.24, 2.45) is 5.92 Å². The van der Waals surface area contributed by atoms with Gasteiger partial charge in [-0.05, 0) is 45.2 Å². The van der Waals surface area contributed by atoms with Crippen LogP contribution in [0.15, 0.2) is 0 Å². The smallest absolute Gasteiger partial charge is 0.226 e. The van der Waals surface area contributed by atoms with Crippen LogP contribution in [0, 0.1) is 5.92 Å². The zero-order valence-corrected chi connectivity index (χ0v) is 12.7. The minimum Gasteiger partial charge on any atom is -0.381 e. The number of hydrogen-bond acceptors (Lipinski definition) is 3. The van der Waals surface area contributed by atoms with Crippen molar-refractivity contribution in [2.45, 2.75) is 45.1 Å². The van der Waals surface area contributed by atoms with E-state index in [0.717, 1.165) is 65.0 Å². The van der Waals surface area contributed by atoms with Crippen LogP contribution >= 0.6 is 12.4 Å². The maximum Gasteiger partial charge on any atom is 0.226 e. The molecule has 0 unspecified atom stereocenters. The van der Waals surface area contributed by atoms with Gasteiger partial charge in [-0.15, -0.1) is 12.4 Å². The Hall–Kier alpha value is -0.320. The summed E-state index contributed by atoms with van der Waals surface area (Å²) in [5.41, 5.74) is 0. The van der Waals surface area contributed by atoms with Crippen molar-refractivity contribution >= 4 is 18.3 Å². The largest absolute Gasteiger partial charge is 0.381 e. The zero-order chi connectivity index (χ0) is 12.8. The van der Waals surface area contributed by atoms with Gasteiger partial charge in [0.15, 0.2) is 0 Å². The third-order valence-electron chi connectivity index (χ3n) is 4.07. The van der Waals surface area contributed by atoms with E-state index in [4.69, 9.17) is 4.74 Å². The Morgan fingerprint density at radius 1 is 1.21 bits per heavy atom.